The molecule has 0 aliphatic rings. The first-order chi connectivity index (χ1) is 10.4. The van der Waals surface area contributed by atoms with Crippen LogP contribution >= 0.6 is 0 Å². The van der Waals surface area contributed by atoms with Gasteiger partial charge in [0.05, 0.1) is 16.9 Å². The monoisotopic (exact) mass is 271 g/mol. The molecule has 3 nitrogen and oxygen atoms in total. The van der Waals surface area contributed by atoms with Gasteiger partial charge in [-0.25, -0.2) is 0 Å². The number of benzene rings is 1. The van der Waals surface area contributed by atoms with E-state index in [0.717, 1.165) is 33.4 Å². The molecule has 0 fully saturated rings. The maximum absolute atomic E-state index is 4.45. The van der Waals surface area contributed by atoms with Gasteiger partial charge in [0.15, 0.2) is 0 Å². The van der Waals surface area contributed by atoms with Gasteiger partial charge in [-0.1, -0.05) is 24.3 Å². The molecule has 0 saturated carbocycles. The van der Waals surface area contributed by atoms with Gasteiger partial charge in [0.2, 0.25) is 0 Å². The number of pyridine rings is 2. The summed E-state index contributed by atoms with van der Waals surface area (Å²) in [5, 5.41) is 1.14. The van der Waals surface area contributed by atoms with E-state index in [-0.39, 0.29) is 0 Å². The summed E-state index contributed by atoms with van der Waals surface area (Å²) in [5.74, 6) is 0. The molecular formula is C18H13N3. The predicted octanol–water partition coefficient (Wildman–Crippen LogP) is 4.29. The molecule has 0 spiro atoms. The average molecular weight is 271 g/mol. The number of H-pyrrole nitrogens is 1. The Kier molecular flexibility index (Phi) is 2.75. The Morgan fingerprint density at radius 1 is 0.714 bits per heavy atom. The number of aromatic amines is 1. The Hall–Kier alpha value is -2.94. The van der Waals surface area contributed by atoms with Crippen molar-refractivity contribution in [3.05, 3.63) is 73.2 Å². The van der Waals surface area contributed by atoms with Gasteiger partial charge in [-0.05, 0) is 30.3 Å². The SMILES string of the molecule is c1ccc(-c2cc[nH]c2-c2cccc3ncccc23)nc1. The third-order valence-corrected chi connectivity index (χ3v) is 3.60. The van der Waals surface area contributed by atoms with E-state index in [1.165, 1.54) is 0 Å². The summed E-state index contributed by atoms with van der Waals surface area (Å²) in [7, 11) is 0. The van der Waals surface area contributed by atoms with E-state index in [1.807, 2.05) is 55.0 Å². The van der Waals surface area contributed by atoms with Crippen molar-refractivity contribution in [3.63, 3.8) is 0 Å². The van der Waals surface area contributed by atoms with Crippen LogP contribution in [0.3, 0.4) is 0 Å². The van der Waals surface area contributed by atoms with Crippen molar-refractivity contribution in [2.75, 3.05) is 0 Å². The Morgan fingerprint density at radius 3 is 2.57 bits per heavy atom. The van der Waals surface area contributed by atoms with E-state index in [4.69, 9.17) is 0 Å². The lowest BCUT2D eigenvalue weighted by Crippen LogP contribution is -1.87. The van der Waals surface area contributed by atoms with Crippen LogP contribution in [-0.4, -0.2) is 15.0 Å². The fourth-order valence-electron chi connectivity index (χ4n) is 2.65. The van der Waals surface area contributed by atoms with Gasteiger partial charge in [-0.3, -0.25) is 9.97 Å². The first-order valence-corrected chi connectivity index (χ1v) is 6.86. The molecule has 1 N–H and O–H groups in total. The lowest BCUT2D eigenvalue weighted by atomic mass is 10.0. The molecule has 0 aliphatic heterocycles. The first kappa shape index (κ1) is 11.9. The molecule has 0 atom stereocenters. The molecule has 1 aromatic carbocycles. The fraction of sp³-hybridized carbons (Fsp3) is 0. The molecule has 0 amide bonds. The molecule has 0 saturated heterocycles. The van der Waals surface area contributed by atoms with Crippen LogP contribution in [0.5, 0.6) is 0 Å². The van der Waals surface area contributed by atoms with Crippen molar-refractivity contribution in [1.82, 2.24) is 15.0 Å². The van der Waals surface area contributed by atoms with E-state index < -0.39 is 0 Å². The Morgan fingerprint density at radius 2 is 1.67 bits per heavy atom. The highest BCUT2D eigenvalue weighted by atomic mass is 14.7. The zero-order valence-electron chi connectivity index (χ0n) is 11.3. The minimum Gasteiger partial charge on any atom is -0.361 e. The molecule has 0 aliphatic carbocycles. The van der Waals surface area contributed by atoms with Gasteiger partial charge in [0.1, 0.15) is 0 Å². The van der Waals surface area contributed by atoms with Crippen LogP contribution in [0.2, 0.25) is 0 Å². The van der Waals surface area contributed by atoms with Gasteiger partial charge in [0, 0.05) is 35.1 Å². The Balaban J connectivity index is 1.97. The average Bonchev–Trinajstić information content (AvgIpc) is 3.04. The largest absolute Gasteiger partial charge is 0.361 e. The predicted molar refractivity (Wildman–Crippen MR) is 84.8 cm³/mol. The molecule has 3 heteroatoms. The van der Waals surface area contributed by atoms with Crippen molar-refractivity contribution >= 4 is 10.9 Å². The maximum Gasteiger partial charge on any atom is 0.0723 e. The van der Waals surface area contributed by atoms with Gasteiger partial charge in [-0.2, -0.15) is 0 Å². The molecule has 100 valence electrons. The molecule has 3 heterocycles. The van der Waals surface area contributed by atoms with E-state index in [1.54, 1.807) is 0 Å². The number of aromatic nitrogens is 3. The van der Waals surface area contributed by atoms with Gasteiger partial charge < -0.3 is 4.98 Å². The molecule has 3 aromatic heterocycles. The van der Waals surface area contributed by atoms with Gasteiger partial charge in [0.25, 0.3) is 0 Å². The summed E-state index contributed by atoms with van der Waals surface area (Å²) in [6, 6.07) is 18.3. The van der Waals surface area contributed by atoms with Gasteiger partial charge >= 0.3 is 0 Å². The van der Waals surface area contributed by atoms with Crippen molar-refractivity contribution < 1.29 is 0 Å². The second kappa shape index (κ2) is 4.87. The topological polar surface area (TPSA) is 41.6 Å². The number of nitrogens with zero attached hydrogens (tertiary/aromatic N) is 2. The van der Waals surface area contributed by atoms with Crippen molar-refractivity contribution in [1.29, 1.82) is 0 Å². The lowest BCUT2D eigenvalue weighted by molar-refractivity contribution is 1.32. The van der Waals surface area contributed by atoms with E-state index >= 15 is 0 Å². The maximum atomic E-state index is 4.45. The highest BCUT2D eigenvalue weighted by Crippen LogP contribution is 2.33. The molecule has 0 radical (unpaired) electrons. The number of rotatable bonds is 2. The second-order valence-corrected chi connectivity index (χ2v) is 4.86. The van der Waals surface area contributed by atoms with Crippen molar-refractivity contribution in [2.24, 2.45) is 0 Å². The van der Waals surface area contributed by atoms with Crippen LogP contribution in [-0.2, 0) is 0 Å². The summed E-state index contributed by atoms with van der Waals surface area (Å²) in [4.78, 5) is 12.2. The lowest BCUT2D eigenvalue weighted by Gasteiger charge is -2.07. The molecule has 4 rings (SSSR count). The summed E-state index contributed by atoms with van der Waals surface area (Å²) in [6.07, 6.45) is 5.59. The normalized spacial score (nSPS) is 10.9. The summed E-state index contributed by atoms with van der Waals surface area (Å²) in [6.45, 7) is 0. The second-order valence-electron chi connectivity index (χ2n) is 4.86. The number of fused-ring (bicyclic) bond motifs is 1. The molecule has 0 bridgehead atoms. The minimum atomic E-state index is 0.967. The highest BCUT2D eigenvalue weighted by molar-refractivity contribution is 5.97. The third-order valence-electron chi connectivity index (χ3n) is 3.60. The third kappa shape index (κ3) is 1.99. The van der Waals surface area contributed by atoms with Crippen LogP contribution in [0.1, 0.15) is 0 Å². The number of hydrogen-bond donors (Lipinski definition) is 1. The Labute approximate surface area is 122 Å². The van der Waals surface area contributed by atoms with E-state index in [2.05, 4.69) is 33.2 Å². The standard InChI is InChI=1S/C18H13N3/c1-2-10-19-17(7-1)15-9-12-21-18(15)14-5-3-8-16-13(14)6-4-11-20-16/h1-12,21H. The van der Waals surface area contributed by atoms with Crippen LogP contribution in [0.15, 0.2) is 73.2 Å². The van der Waals surface area contributed by atoms with E-state index in [9.17, 15) is 0 Å². The highest BCUT2D eigenvalue weighted by Gasteiger charge is 2.12. The van der Waals surface area contributed by atoms with Gasteiger partial charge in [-0.15, -0.1) is 0 Å². The fourth-order valence-corrected chi connectivity index (χ4v) is 2.65. The molecular weight excluding hydrogens is 258 g/mol. The molecule has 21 heavy (non-hydrogen) atoms. The summed E-state index contributed by atoms with van der Waals surface area (Å²) in [5.41, 5.74) is 5.29. The number of hydrogen-bond acceptors (Lipinski definition) is 2. The van der Waals surface area contributed by atoms with Crippen LogP contribution in [0.4, 0.5) is 0 Å². The minimum absolute atomic E-state index is 0.967. The zero-order chi connectivity index (χ0) is 14.1. The first-order valence-electron chi connectivity index (χ1n) is 6.86. The summed E-state index contributed by atoms with van der Waals surface area (Å²) >= 11 is 0. The number of nitrogens with one attached hydrogen (secondary N) is 1. The van der Waals surface area contributed by atoms with Crippen molar-refractivity contribution in [3.8, 4) is 22.5 Å². The zero-order valence-corrected chi connectivity index (χ0v) is 11.3. The quantitative estimate of drug-likeness (QED) is 0.591. The summed E-state index contributed by atoms with van der Waals surface area (Å²) < 4.78 is 0. The van der Waals surface area contributed by atoms with Crippen LogP contribution in [0, 0.1) is 0 Å². The molecule has 0 unspecified atom stereocenters. The smallest absolute Gasteiger partial charge is 0.0723 e. The molecule has 4 aromatic rings. The van der Waals surface area contributed by atoms with Crippen LogP contribution in [0.25, 0.3) is 33.4 Å². The van der Waals surface area contributed by atoms with Crippen molar-refractivity contribution in [2.45, 2.75) is 0 Å². The van der Waals surface area contributed by atoms with E-state index in [0.29, 0.717) is 0 Å². The Bertz CT molecular complexity index is 889. The van der Waals surface area contributed by atoms with Crippen LogP contribution < -0.4 is 0 Å².